The highest BCUT2D eigenvalue weighted by atomic mass is 16.5. The number of carbonyl (C=O) groups is 2. The van der Waals surface area contributed by atoms with Crippen molar-refractivity contribution < 1.29 is 24.5 Å². The smallest absolute Gasteiger partial charge is 0.305 e. The molecule has 0 spiro atoms. The number of esters is 1. The average molecular weight is 943 g/mol. The molecular formula is C61H115NO5. The van der Waals surface area contributed by atoms with Crippen LogP contribution in [0, 0.1) is 0 Å². The van der Waals surface area contributed by atoms with Gasteiger partial charge in [-0.1, -0.05) is 256 Å². The number of aliphatic hydroxyl groups is 2. The molecule has 0 bridgehead atoms. The lowest BCUT2D eigenvalue weighted by atomic mass is 10.0. The van der Waals surface area contributed by atoms with E-state index in [1.165, 1.54) is 225 Å². The normalized spacial score (nSPS) is 12.8. The van der Waals surface area contributed by atoms with Gasteiger partial charge in [-0.3, -0.25) is 9.59 Å². The first-order chi connectivity index (χ1) is 33.0. The maximum Gasteiger partial charge on any atom is 0.305 e. The van der Waals surface area contributed by atoms with Crippen LogP contribution >= 0.6 is 0 Å². The second kappa shape index (κ2) is 56.7. The zero-order valence-corrected chi connectivity index (χ0v) is 44.9. The lowest BCUT2D eigenvalue weighted by Gasteiger charge is -2.22. The predicted octanol–water partition coefficient (Wildman–Crippen LogP) is 18.4. The van der Waals surface area contributed by atoms with Crippen LogP contribution in [-0.2, 0) is 14.3 Å². The second-order valence-corrected chi connectivity index (χ2v) is 20.3. The average Bonchev–Trinajstić information content (AvgIpc) is 3.33. The number of ether oxygens (including phenoxy) is 1. The van der Waals surface area contributed by atoms with Gasteiger partial charge in [-0.2, -0.15) is 0 Å². The van der Waals surface area contributed by atoms with E-state index in [4.69, 9.17) is 4.74 Å². The number of nitrogens with one attached hydrogen (secondary N) is 1. The monoisotopic (exact) mass is 942 g/mol. The summed E-state index contributed by atoms with van der Waals surface area (Å²) >= 11 is 0. The summed E-state index contributed by atoms with van der Waals surface area (Å²) in [6.45, 7) is 4.92. The number of rotatable bonds is 55. The summed E-state index contributed by atoms with van der Waals surface area (Å²) < 4.78 is 5.47. The van der Waals surface area contributed by atoms with Crippen molar-refractivity contribution in [1.29, 1.82) is 0 Å². The van der Waals surface area contributed by atoms with Crippen molar-refractivity contribution in [3.05, 3.63) is 36.5 Å². The summed E-state index contributed by atoms with van der Waals surface area (Å²) in [7, 11) is 0. The Kier molecular flexibility index (Phi) is 55.0. The second-order valence-electron chi connectivity index (χ2n) is 20.3. The standard InChI is InChI=1S/C61H115NO5/c1-3-5-7-9-11-13-15-17-19-26-29-33-37-41-45-49-53-59(64)58(57-63)62-60(65)54-50-46-42-38-34-30-27-23-21-20-22-24-28-32-36-40-44-48-52-56-67-61(66)55-51-47-43-39-35-31-25-18-16-14-12-10-8-6-4-2/h12,14,18,20-21,25,58-59,63-64H,3-11,13,15-17,19,22-24,26-57H2,1-2H3,(H,62,65)/b14-12-,21-20-,25-18-. The molecule has 0 aromatic heterocycles. The van der Waals surface area contributed by atoms with Gasteiger partial charge in [-0.25, -0.2) is 0 Å². The van der Waals surface area contributed by atoms with Crippen molar-refractivity contribution in [1.82, 2.24) is 5.32 Å². The quantitative estimate of drug-likeness (QED) is 0.0321. The van der Waals surface area contributed by atoms with E-state index in [0.29, 0.717) is 25.9 Å². The molecule has 0 aromatic rings. The van der Waals surface area contributed by atoms with Gasteiger partial charge in [0.1, 0.15) is 0 Å². The van der Waals surface area contributed by atoms with Crippen LogP contribution in [0.4, 0.5) is 0 Å². The molecule has 6 heteroatoms. The van der Waals surface area contributed by atoms with Crippen LogP contribution in [0.3, 0.4) is 0 Å². The first-order valence-corrected chi connectivity index (χ1v) is 29.7. The third kappa shape index (κ3) is 53.3. The first-order valence-electron chi connectivity index (χ1n) is 29.7. The number of unbranched alkanes of at least 4 members (excludes halogenated alkanes) is 38. The SMILES string of the molecule is CCCCC/C=C\C/C=C\CCCCCCCC(=O)OCCCCCCCCCC/C=C\CCCCCCCCCC(=O)NC(CO)C(O)CCCCCCCCCCCCCCCCCC. The highest BCUT2D eigenvalue weighted by Crippen LogP contribution is 2.17. The lowest BCUT2D eigenvalue weighted by molar-refractivity contribution is -0.143. The molecular weight excluding hydrogens is 827 g/mol. The number of amides is 1. The van der Waals surface area contributed by atoms with Gasteiger partial charge in [0.2, 0.25) is 5.91 Å². The summed E-state index contributed by atoms with van der Waals surface area (Å²) in [5.74, 6) is -0.0537. The fraction of sp³-hybridized carbons (Fsp3) is 0.869. The van der Waals surface area contributed by atoms with Gasteiger partial charge in [-0.15, -0.1) is 0 Å². The molecule has 0 aliphatic rings. The Labute approximate surface area is 417 Å². The topological polar surface area (TPSA) is 95.9 Å². The van der Waals surface area contributed by atoms with Crippen molar-refractivity contribution in [3.8, 4) is 0 Å². The van der Waals surface area contributed by atoms with Crippen molar-refractivity contribution in [2.45, 2.75) is 328 Å². The van der Waals surface area contributed by atoms with Crippen LogP contribution in [-0.4, -0.2) is 47.4 Å². The third-order valence-corrected chi connectivity index (χ3v) is 13.7. The van der Waals surface area contributed by atoms with Crippen molar-refractivity contribution in [2.24, 2.45) is 0 Å². The minimum Gasteiger partial charge on any atom is -0.466 e. The molecule has 0 radical (unpaired) electrons. The highest BCUT2D eigenvalue weighted by molar-refractivity contribution is 5.76. The molecule has 2 unspecified atom stereocenters. The Morgan fingerprint density at radius 1 is 0.418 bits per heavy atom. The number of hydrogen-bond donors (Lipinski definition) is 3. The molecule has 67 heavy (non-hydrogen) atoms. The van der Waals surface area contributed by atoms with Crippen LogP contribution in [0.5, 0.6) is 0 Å². The summed E-state index contributed by atoms with van der Waals surface area (Å²) in [6.07, 6.45) is 69.9. The Bertz CT molecular complexity index is 1090. The number of allylic oxidation sites excluding steroid dienone is 6. The predicted molar refractivity (Wildman–Crippen MR) is 292 cm³/mol. The molecule has 6 nitrogen and oxygen atoms in total. The zero-order valence-electron chi connectivity index (χ0n) is 44.9. The molecule has 0 rings (SSSR count). The van der Waals surface area contributed by atoms with Gasteiger partial charge in [0.15, 0.2) is 0 Å². The molecule has 0 aliphatic heterocycles. The Balaban J connectivity index is 3.45. The lowest BCUT2D eigenvalue weighted by Crippen LogP contribution is -2.45. The van der Waals surface area contributed by atoms with Gasteiger partial charge < -0.3 is 20.3 Å². The molecule has 2 atom stereocenters. The van der Waals surface area contributed by atoms with E-state index in [1.807, 2.05) is 0 Å². The summed E-state index contributed by atoms with van der Waals surface area (Å²) in [6, 6.07) is -0.549. The molecule has 1 amide bonds. The van der Waals surface area contributed by atoms with Gasteiger partial charge in [0.05, 0.1) is 25.4 Å². The van der Waals surface area contributed by atoms with Gasteiger partial charge in [0, 0.05) is 12.8 Å². The van der Waals surface area contributed by atoms with Crippen molar-refractivity contribution in [3.63, 3.8) is 0 Å². The van der Waals surface area contributed by atoms with Crippen molar-refractivity contribution >= 4 is 11.9 Å². The molecule has 0 saturated heterocycles. The van der Waals surface area contributed by atoms with Crippen LogP contribution in [0.2, 0.25) is 0 Å². The van der Waals surface area contributed by atoms with E-state index < -0.39 is 12.1 Å². The first kappa shape index (κ1) is 65.1. The Morgan fingerprint density at radius 3 is 1.18 bits per heavy atom. The zero-order chi connectivity index (χ0) is 48.6. The molecule has 0 fully saturated rings. The van der Waals surface area contributed by atoms with Crippen molar-refractivity contribution in [2.75, 3.05) is 13.2 Å². The van der Waals surface area contributed by atoms with E-state index in [-0.39, 0.29) is 18.5 Å². The van der Waals surface area contributed by atoms with Crippen LogP contribution in [0.1, 0.15) is 316 Å². The van der Waals surface area contributed by atoms with Gasteiger partial charge in [-0.05, 0) is 83.5 Å². The molecule has 0 aromatic carbocycles. The molecule has 3 N–H and O–H groups in total. The maximum atomic E-state index is 12.5. The van der Waals surface area contributed by atoms with Crippen LogP contribution in [0.15, 0.2) is 36.5 Å². The minimum atomic E-state index is -0.671. The largest absolute Gasteiger partial charge is 0.466 e. The molecule has 0 saturated carbocycles. The minimum absolute atomic E-state index is 0.0100. The van der Waals surface area contributed by atoms with E-state index in [2.05, 4.69) is 55.6 Å². The maximum absolute atomic E-state index is 12.5. The molecule has 0 aliphatic carbocycles. The third-order valence-electron chi connectivity index (χ3n) is 13.7. The van der Waals surface area contributed by atoms with Crippen LogP contribution in [0.25, 0.3) is 0 Å². The molecule has 0 heterocycles. The molecule has 394 valence electrons. The Morgan fingerprint density at radius 2 is 0.746 bits per heavy atom. The summed E-state index contributed by atoms with van der Waals surface area (Å²) in [5, 5.41) is 23.3. The fourth-order valence-electron chi connectivity index (χ4n) is 9.08. The van der Waals surface area contributed by atoms with Crippen LogP contribution < -0.4 is 5.32 Å². The Hall–Kier alpha value is -1.92. The number of hydrogen-bond acceptors (Lipinski definition) is 5. The summed E-state index contributed by atoms with van der Waals surface area (Å²) in [4.78, 5) is 24.5. The van der Waals surface area contributed by atoms with E-state index in [1.54, 1.807) is 0 Å². The number of carbonyl (C=O) groups excluding carboxylic acids is 2. The van der Waals surface area contributed by atoms with E-state index in [0.717, 1.165) is 57.8 Å². The van der Waals surface area contributed by atoms with E-state index in [9.17, 15) is 19.8 Å². The van der Waals surface area contributed by atoms with Gasteiger partial charge >= 0.3 is 5.97 Å². The van der Waals surface area contributed by atoms with Gasteiger partial charge in [0.25, 0.3) is 0 Å². The number of aliphatic hydroxyl groups excluding tert-OH is 2. The van der Waals surface area contributed by atoms with E-state index >= 15 is 0 Å². The fourth-order valence-corrected chi connectivity index (χ4v) is 9.08. The summed E-state index contributed by atoms with van der Waals surface area (Å²) in [5.41, 5.74) is 0. The highest BCUT2D eigenvalue weighted by Gasteiger charge is 2.20.